The lowest BCUT2D eigenvalue weighted by Crippen LogP contribution is -2.65. The lowest BCUT2D eigenvalue weighted by Gasteiger charge is -2.56. The molecule has 0 aromatic carbocycles. The minimum absolute atomic E-state index is 0.0170. The highest BCUT2D eigenvalue weighted by Crippen LogP contribution is 2.59. The van der Waals surface area contributed by atoms with Crippen LogP contribution in [0, 0.1) is 57.0 Å². The third-order valence-electron chi connectivity index (χ3n) is 20.5. The van der Waals surface area contributed by atoms with Crippen molar-refractivity contribution in [2.45, 2.75) is 243 Å². The molecular weight excluding hydrogens is 1110 g/mol. The molecule has 5 heterocycles. The summed E-state index contributed by atoms with van der Waals surface area (Å²) in [6.45, 7) is 20.0. The fourth-order valence-electron chi connectivity index (χ4n) is 15.9. The van der Waals surface area contributed by atoms with Crippen LogP contribution in [-0.4, -0.2) is 179 Å². The number of alkyl carbamates (subject to hydrolysis) is 1. The minimum atomic E-state index is -1.77. The molecule has 2 bridgehead atoms. The van der Waals surface area contributed by atoms with Crippen molar-refractivity contribution in [3.63, 3.8) is 0 Å². The minimum Gasteiger partial charge on any atom is -0.507 e. The number of hydrogen-bond donors (Lipinski definition) is 5. The molecular formula is C62H90N2O21. The van der Waals surface area contributed by atoms with Gasteiger partial charge in [-0.25, -0.2) is 9.59 Å². The maximum atomic E-state index is 15.8. The van der Waals surface area contributed by atoms with Gasteiger partial charge in [-0.2, -0.15) is 0 Å². The highest BCUT2D eigenvalue weighted by Gasteiger charge is 2.61. The monoisotopic (exact) mass is 1200 g/mol. The Morgan fingerprint density at radius 2 is 1.39 bits per heavy atom. The SMILES string of the molecule is COC(=O)N[C@@H]1[C@H](C)O[C@@H](OC2C/C=C(\C)[C@H]3C=C[C@H]4[C@H](O[C@@H]5C[C@@H](O[C@@H]6C[C@@H](O)[C@@H](O[C@@H]7C[C@@H](O)[C@@H](OC)[C@H](C)O7)[C@H](C)O6)[C@@H](O)[C@H](C)O5)[C@H](C)C[C@@H](C)[C@@H]4[C@@]3(C)C(=O)CC3=C(O)C4(C[C@H](C)C(C=O)=C[C@H]4/C=C\2C)OC3=O)C[C@@]1(C)[N+](=O)[O-]. The van der Waals surface area contributed by atoms with Gasteiger partial charge in [0.25, 0.3) is 0 Å². The molecule has 0 aromatic heterocycles. The van der Waals surface area contributed by atoms with E-state index in [0.717, 1.165) is 19.0 Å². The first-order valence-electron chi connectivity index (χ1n) is 30.3. The van der Waals surface area contributed by atoms with Crippen LogP contribution in [0.5, 0.6) is 0 Å². The first-order chi connectivity index (χ1) is 40.1. The zero-order valence-corrected chi connectivity index (χ0v) is 51.2. The van der Waals surface area contributed by atoms with Gasteiger partial charge in [0, 0.05) is 74.2 Å². The van der Waals surface area contributed by atoms with Crippen molar-refractivity contribution < 1.29 is 96.6 Å². The largest absolute Gasteiger partial charge is 0.507 e. The van der Waals surface area contributed by atoms with Crippen molar-refractivity contribution in [1.29, 1.82) is 0 Å². The third kappa shape index (κ3) is 12.4. The van der Waals surface area contributed by atoms with Gasteiger partial charge in [-0.3, -0.25) is 19.7 Å². The summed E-state index contributed by atoms with van der Waals surface area (Å²) in [6, 6.07) is -1.09. The number of carbonyl (C=O) groups is 4. The molecule has 23 nitrogen and oxygen atoms in total. The Bertz CT molecular complexity index is 2650. The van der Waals surface area contributed by atoms with Crippen LogP contribution in [0.2, 0.25) is 0 Å². The van der Waals surface area contributed by atoms with Crippen LogP contribution in [0.1, 0.15) is 128 Å². The quantitative estimate of drug-likeness (QED) is 0.0480. The number of carbonyl (C=O) groups excluding carboxylic acids is 4. The predicted molar refractivity (Wildman–Crippen MR) is 301 cm³/mol. The van der Waals surface area contributed by atoms with E-state index in [2.05, 4.69) is 25.2 Å². The van der Waals surface area contributed by atoms with E-state index in [9.17, 15) is 44.9 Å². The van der Waals surface area contributed by atoms with Gasteiger partial charge in [0.2, 0.25) is 5.54 Å². The van der Waals surface area contributed by atoms with Crippen LogP contribution in [0.15, 0.2) is 58.4 Å². The van der Waals surface area contributed by atoms with Crippen molar-refractivity contribution in [2.24, 2.45) is 46.8 Å². The van der Waals surface area contributed by atoms with Crippen molar-refractivity contribution in [3.05, 3.63) is 68.5 Å². The van der Waals surface area contributed by atoms with Gasteiger partial charge in [0.1, 0.15) is 42.2 Å². The lowest BCUT2D eigenvalue weighted by atomic mass is 9.49. The Morgan fingerprint density at radius 1 is 0.765 bits per heavy atom. The van der Waals surface area contributed by atoms with E-state index < -0.39 is 168 Å². The number of aliphatic hydroxyl groups excluding tert-OH is 4. The summed E-state index contributed by atoms with van der Waals surface area (Å²) in [5, 5.41) is 61.6. The fourth-order valence-corrected chi connectivity index (χ4v) is 15.9. The molecule has 5 N–H and O–H groups in total. The van der Waals surface area contributed by atoms with Crippen molar-refractivity contribution in [3.8, 4) is 0 Å². The summed E-state index contributed by atoms with van der Waals surface area (Å²) in [7, 11) is 2.67. The van der Waals surface area contributed by atoms with E-state index in [4.69, 9.17) is 52.1 Å². The molecule has 1 amide bonds. The van der Waals surface area contributed by atoms with Gasteiger partial charge >= 0.3 is 12.1 Å². The number of nitro groups is 1. The molecule has 1 spiro atoms. The topological polar surface area (TPSA) is 306 Å². The number of nitrogens with zero attached hydrogens (tertiary/aromatic N) is 1. The van der Waals surface area contributed by atoms with Crippen LogP contribution in [0.25, 0.3) is 0 Å². The number of ketones is 1. The van der Waals surface area contributed by atoms with Crippen molar-refractivity contribution >= 4 is 24.1 Å². The van der Waals surface area contributed by atoms with Crippen LogP contribution < -0.4 is 5.32 Å². The molecule has 9 rings (SSSR count). The zero-order valence-electron chi connectivity index (χ0n) is 51.2. The van der Waals surface area contributed by atoms with E-state index >= 15 is 4.79 Å². The Balaban J connectivity index is 1.00. The Labute approximate surface area is 497 Å². The van der Waals surface area contributed by atoms with Gasteiger partial charge in [0.15, 0.2) is 30.8 Å². The molecule has 474 valence electrons. The van der Waals surface area contributed by atoms with Gasteiger partial charge in [-0.15, -0.1) is 0 Å². The average Bonchev–Trinajstić information content (AvgIpc) is 1.81. The van der Waals surface area contributed by atoms with Crippen LogP contribution in [0.4, 0.5) is 4.79 Å². The number of esters is 1. The van der Waals surface area contributed by atoms with Gasteiger partial charge in [-0.1, -0.05) is 63.6 Å². The van der Waals surface area contributed by atoms with Gasteiger partial charge in [-0.05, 0) is 89.2 Å². The molecule has 0 radical (unpaired) electrons. The summed E-state index contributed by atoms with van der Waals surface area (Å²) in [5.74, 6) is -4.38. The highest BCUT2D eigenvalue weighted by atomic mass is 16.7. The number of aldehydes is 1. The molecule has 4 aliphatic carbocycles. The summed E-state index contributed by atoms with van der Waals surface area (Å²) in [5.41, 5.74) is -3.05. The number of allylic oxidation sites excluding steroid dienone is 3. The molecule has 4 saturated heterocycles. The molecule has 2 unspecified atom stereocenters. The number of aliphatic hydroxyl groups is 4. The number of fused-ring (bicyclic) bond motifs is 3. The highest BCUT2D eigenvalue weighted by molar-refractivity contribution is 6.01. The van der Waals surface area contributed by atoms with Gasteiger partial charge in [0.05, 0.1) is 74.0 Å². The number of nitrogens with one attached hydrogen (secondary N) is 1. The Morgan fingerprint density at radius 3 is 2.02 bits per heavy atom. The van der Waals surface area contributed by atoms with E-state index in [1.165, 1.54) is 14.0 Å². The molecule has 9 aliphatic rings. The summed E-state index contributed by atoms with van der Waals surface area (Å²) in [6.07, 6.45) is -3.24. The van der Waals surface area contributed by atoms with Crippen LogP contribution >= 0.6 is 0 Å². The maximum Gasteiger partial charge on any atom is 0.407 e. The van der Waals surface area contributed by atoms with Gasteiger partial charge < -0.3 is 77.8 Å². The Kier molecular flexibility index (Phi) is 19.5. The van der Waals surface area contributed by atoms with Crippen molar-refractivity contribution in [1.82, 2.24) is 5.32 Å². The summed E-state index contributed by atoms with van der Waals surface area (Å²) in [4.78, 5) is 67.7. The predicted octanol–water partition coefficient (Wildman–Crippen LogP) is 6.17. The fraction of sp³-hybridized carbons (Fsp3) is 0.774. The zero-order chi connectivity index (χ0) is 61.9. The lowest BCUT2D eigenvalue weighted by molar-refractivity contribution is -0.584. The van der Waals surface area contributed by atoms with E-state index in [-0.39, 0.29) is 73.4 Å². The van der Waals surface area contributed by atoms with Crippen molar-refractivity contribution in [2.75, 3.05) is 14.2 Å². The number of hydrogen-bond acceptors (Lipinski definition) is 21. The second-order valence-electron chi connectivity index (χ2n) is 26.2. The second-order valence-corrected chi connectivity index (χ2v) is 26.2. The van der Waals surface area contributed by atoms with E-state index in [1.54, 1.807) is 53.7 Å². The number of ether oxygens (including phenoxy) is 11. The first-order valence-corrected chi connectivity index (χ1v) is 30.3. The van der Waals surface area contributed by atoms with E-state index in [1.807, 2.05) is 26.0 Å². The number of Topliss-reactive ketones (excluding diaryl/α,β-unsaturated/α-hetero) is 1. The molecule has 85 heavy (non-hydrogen) atoms. The van der Waals surface area contributed by atoms with Crippen LogP contribution in [0.3, 0.4) is 0 Å². The number of methoxy groups -OCH3 is 2. The number of rotatable bonds is 12. The molecule has 0 aromatic rings. The van der Waals surface area contributed by atoms with Crippen LogP contribution in [-0.2, 0) is 66.5 Å². The summed E-state index contributed by atoms with van der Waals surface area (Å²) < 4.78 is 67.9. The molecule has 5 fully saturated rings. The first kappa shape index (κ1) is 65.0. The average molecular weight is 1200 g/mol. The summed E-state index contributed by atoms with van der Waals surface area (Å²) >= 11 is 0. The number of amides is 1. The molecule has 27 atom stereocenters. The molecule has 5 aliphatic heterocycles. The second kappa shape index (κ2) is 25.5. The molecule has 1 saturated carbocycles. The Hall–Kier alpha value is -4.50. The van der Waals surface area contributed by atoms with E-state index in [0.29, 0.717) is 17.6 Å². The normalized spacial score (nSPS) is 48.1. The smallest absolute Gasteiger partial charge is 0.407 e. The third-order valence-corrected chi connectivity index (χ3v) is 20.5. The molecule has 23 heteroatoms. The maximum absolute atomic E-state index is 15.8. The standard InChI is InChI=1S/C62H90N2O21/c1-28-14-17-44(81-50-26-60(10,64(73)74)56(36(9)80-50)63-59(72)76-13)29(2)19-38-20-37(27-65)32(5)25-62(38)57(70)40(58(71)85-62)21-46(68)61(11)41(28)16-15-39-51(61)30(3)18-31(4)53(39)83-49-24-45(52(69)33(6)77-49)82-47-23-43(67)55(35(8)79-47)84-48-22-42(66)54(75-12)34(7)78-48/h14-16,19-20,27,30-36,38-39,41-45,47-56,66-67,69-70H,17-18,21-26H2,1-13H3,(H,63,72)/b28-14+,29-19-/t30-,31-,32+,33+,34+,35+,36+,38-,39-,41-,42-,43-,44?,45-,47-,48-,49-,50+,51+,52+,53-,54+,55+,56-,60-,61-,62?/m1/s1.